The van der Waals surface area contributed by atoms with Gasteiger partial charge in [-0.05, 0) is 74.5 Å². The minimum absolute atomic E-state index is 0.212. The van der Waals surface area contributed by atoms with Gasteiger partial charge in [-0.1, -0.05) is 0 Å². The lowest BCUT2D eigenvalue weighted by molar-refractivity contribution is 0.102. The highest BCUT2D eigenvalue weighted by Gasteiger charge is 2.20. The second kappa shape index (κ2) is 8.72. The van der Waals surface area contributed by atoms with Crippen molar-refractivity contribution in [2.75, 3.05) is 5.32 Å². The normalized spacial score (nSPS) is 11.8. The molecule has 4 aromatic rings. The predicted octanol–water partition coefficient (Wildman–Crippen LogP) is 4.45. The Balaban J connectivity index is 1.60. The van der Waals surface area contributed by atoms with Gasteiger partial charge in [-0.25, -0.2) is 26.9 Å². The van der Waals surface area contributed by atoms with E-state index in [9.17, 15) is 22.0 Å². The van der Waals surface area contributed by atoms with E-state index in [1.54, 1.807) is 44.2 Å². The van der Waals surface area contributed by atoms with E-state index in [1.807, 2.05) is 0 Å². The maximum Gasteiger partial charge on any atom is 0.258 e. The number of halogens is 2. The number of rotatable bonds is 6. The first-order valence-electron chi connectivity index (χ1n) is 10.0. The Morgan fingerprint density at radius 3 is 2.42 bits per heavy atom. The minimum Gasteiger partial charge on any atom is -0.338 e. The van der Waals surface area contributed by atoms with Crippen molar-refractivity contribution in [3.63, 3.8) is 0 Å². The largest absolute Gasteiger partial charge is 0.338 e. The molecule has 0 atom stereocenters. The smallest absolute Gasteiger partial charge is 0.258 e. The summed E-state index contributed by atoms with van der Waals surface area (Å²) < 4.78 is 54.6. The molecule has 0 aliphatic carbocycles. The molecular weight excluding hydrogens is 450 g/mol. The summed E-state index contributed by atoms with van der Waals surface area (Å²) in [6.45, 7) is 3.31. The van der Waals surface area contributed by atoms with E-state index in [0.717, 1.165) is 18.2 Å². The van der Waals surface area contributed by atoms with Gasteiger partial charge < -0.3 is 10.3 Å². The molecule has 0 saturated heterocycles. The van der Waals surface area contributed by atoms with Crippen molar-refractivity contribution >= 4 is 32.7 Å². The maximum absolute atomic E-state index is 14.3. The number of fused-ring (bicyclic) bond motifs is 1. The van der Waals surface area contributed by atoms with E-state index in [-0.39, 0.29) is 16.8 Å². The second-order valence-corrected chi connectivity index (χ2v) is 9.41. The number of aromatic amines is 1. The molecule has 0 aliphatic heterocycles. The molecule has 10 heteroatoms. The molecular formula is C23H20F2N4O3S. The van der Waals surface area contributed by atoms with Gasteiger partial charge in [0.1, 0.15) is 17.5 Å². The lowest BCUT2D eigenvalue weighted by Gasteiger charge is -2.11. The Labute approximate surface area is 188 Å². The quantitative estimate of drug-likeness (QED) is 0.387. The molecule has 1 aromatic heterocycles. The van der Waals surface area contributed by atoms with Crippen molar-refractivity contribution in [1.29, 1.82) is 0 Å². The fraction of sp³-hybridized carbons (Fsp3) is 0.130. The second-order valence-electron chi connectivity index (χ2n) is 7.70. The third-order valence-electron chi connectivity index (χ3n) is 4.74. The van der Waals surface area contributed by atoms with Crippen molar-refractivity contribution in [2.24, 2.45) is 0 Å². The van der Waals surface area contributed by atoms with Crippen LogP contribution >= 0.6 is 0 Å². The lowest BCUT2D eigenvalue weighted by atomic mass is 10.2. The number of carbonyl (C=O) groups is 1. The van der Waals surface area contributed by atoms with E-state index in [1.165, 1.54) is 12.1 Å². The zero-order valence-electron chi connectivity index (χ0n) is 17.7. The number of carbonyl (C=O) groups excluding carboxylic acids is 1. The summed E-state index contributed by atoms with van der Waals surface area (Å²) in [6, 6.07) is 13.4. The highest BCUT2D eigenvalue weighted by molar-refractivity contribution is 7.89. The first kappa shape index (κ1) is 22.6. The molecule has 0 aliphatic rings. The average Bonchev–Trinajstić information content (AvgIpc) is 3.16. The van der Waals surface area contributed by atoms with Crippen molar-refractivity contribution < 1.29 is 22.0 Å². The molecule has 0 saturated carbocycles. The van der Waals surface area contributed by atoms with Gasteiger partial charge in [0.25, 0.3) is 5.91 Å². The summed E-state index contributed by atoms with van der Waals surface area (Å²) in [5, 5.41) is 2.58. The molecule has 0 fully saturated rings. The Morgan fingerprint density at radius 2 is 1.73 bits per heavy atom. The van der Waals surface area contributed by atoms with Crippen molar-refractivity contribution in [3.8, 4) is 11.4 Å². The monoisotopic (exact) mass is 470 g/mol. The first-order valence-corrected chi connectivity index (χ1v) is 11.5. The van der Waals surface area contributed by atoms with Gasteiger partial charge in [0, 0.05) is 17.3 Å². The zero-order chi connectivity index (χ0) is 23.8. The molecule has 0 spiro atoms. The summed E-state index contributed by atoms with van der Waals surface area (Å²) in [4.78, 5) is 20.0. The number of imidazole rings is 1. The summed E-state index contributed by atoms with van der Waals surface area (Å²) in [6.07, 6.45) is 0. The SMILES string of the molecule is CC(C)NS(=O)(=O)c1ccc(F)c(C(=O)Nc2ccc3nc(-c4ccc(F)cc4)[nH]c3c2)c1. The van der Waals surface area contributed by atoms with Crippen LogP contribution in [0.2, 0.25) is 0 Å². The molecule has 3 aromatic carbocycles. The Bertz CT molecular complexity index is 1450. The van der Waals surface area contributed by atoms with Gasteiger partial charge in [0.15, 0.2) is 0 Å². The summed E-state index contributed by atoms with van der Waals surface area (Å²) in [7, 11) is -3.89. The van der Waals surface area contributed by atoms with E-state index in [2.05, 4.69) is 20.0 Å². The highest BCUT2D eigenvalue weighted by Crippen LogP contribution is 2.24. The van der Waals surface area contributed by atoms with Crippen LogP contribution in [0.4, 0.5) is 14.5 Å². The number of sulfonamides is 1. The van der Waals surface area contributed by atoms with Gasteiger partial charge in [0.05, 0.1) is 21.5 Å². The van der Waals surface area contributed by atoms with Crippen LogP contribution < -0.4 is 10.0 Å². The summed E-state index contributed by atoms with van der Waals surface area (Å²) in [5.74, 6) is -1.48. The molecule has 0 unspecified atom stereocenters. The number of anilines is 1. The number of amides is 1. The van der Waals surface area contributed by atoms with Gasteiger partial charge in [-0.3, -0.25) is 4.79 Å². The number of nitrogens with zero attached hydrogens (tertiary/aromatic N) is 1. The van der Waals surface area contributed by atoms with Crippen LogP contribution in [0.5, 0.6) is 0 Å². The van der Waals surface area contributed by atoms with Gasteiger partial charge in [0.2, 0.25) is 10.0 Å². The number of hydrogen-bond acceptors (Lipinski definition) is 4. The molecule has 0 bridgehead atoms. The van der Waals surface area contributed by atoms with Gasteiger partial charge >= 0.3 is 0 Å². The topological polar surface area (TPSA) is 104 Å². The van der Waals surface area contributed by atoms with Crippen molar-refractivity contribution in [3.05, 3.63) is 77.9 Å². The maximum atomic E-state index is 14.3. The van der Waals surface area contributed by atoms with E-state index >= 15 is 0 Å². The van der Waals surface area contributed by atoms with Gasteiger partial charge in [-0.2, -0.15) is 0 Å². The van der Waals surface area contributed by atoms with Crippen LogP contribution in [0.3, 0.4) is 0 Å². The molecule has 0 radical (unpaired) electrons. The molecule has 1 amide bonds. The van der Waals surface area contributed by atoms with Crippen LogP contribution in [0.25, 0.3) is 22.4 Å². The Morgan fingerprint density at radius 1 is 1.00 bits per heavy atom. The fourth-order valence-corrected chi connectivity index (χ4v) is 4.53. The first-order chi connectivity index (χ1) is 15.6. The highest BCUT2D eigenvalue weighted by atomic mass is 32.2. The predicted molar refractivity (Wildman–Crippen MR) is 121 cm³/mol. The molecule has 170 valence electrons. The van der Waals surface area contributed by atoms with E-state index in [0.29, 0.717) is 28.1 Å². The molecule has 7 nitrogen and oxygen atoms in total. The zero-order valence-corrected chi connectivity index (χ0v) is 18.5. The fourth-order valence-electron chi connectivity index (χ4n) is 3.25. The number of hydrogen-bond donors (Lipinski definition) is 3. The summed E-state index contributed by atoms with van der Waals surface area (Å²) >= 11 is 0. The summed E-state index contributed by atoms with van der Waals surface area (Å²) in [5.41, 5.74) is 1.86. The van der Waals surface area contributed by atoms with Gasteiger partial charge in [-0.15, -0.1) is 0 Å². The standard InChI is InChI=1S/C23H20F2N4O3S/c1-13(2)29-33(31,32)17-8-9-19(25)18(12-17)23(30)26-16-7-10-20-21(11-16)28-22(27-20)14-3-5-15(24)6-4-14/h3-13,29H,1-2H3,(H,26,30)(H,27,28). The number of nitrogens with one attached hydrogen (secondary N) is 3. The van der Waals surface area contributed by atoms with Crippen LogP contribution in [0, 0.1) is 11.6 Å². The van der Waals surface area contributed by atoms with E-state index < -0.39 is 27.3 Å². The Kier molecular flexibility index (Phi) is 5.96. The van der Waals surface area contributed by atoms with E-state index in [4.69, 9.17) is 0 Å². The lowest BCUT2D eigenvalue weighted by Crippen LogP contribution is -2.30. The molecule has 33 heavy (non-hydrogen) atoms. The van der Waals surface area contributed by atoms with Crippen LogP contribution in [0.15, 0.2) is 65.6 Å². The minimum atomic E-state index is -3.89. The number of aromatic nitrogens is 2. The van der Waals surface area contributed by atoms with Crippen molar-refractivity contribution in [2.45, 2.75) is 24.8 Å². The van der Waals surface area contributed by atoms with Crippen LogP contribution in [-0.4, -0.2) is 30.3 Å². The molecule has 3 N–H and O–H groups in total. The number of H-pyrrole nitrogens is 1. The van der Waals surface area contributed by atoms with Crippen LogP contribution in [-0.2, 0) is 10.0 Å². The Hall–Kier alpha value is -3.63. The molecule has 4 rings (SSSR count). The van der Waals surface area contributed by atoms with Crippen molar-refractivity contribution in [1.82, 2.24) is 14.7 Å². The third kappa shape index (κ3) is 4.91. The number of benzene rings is 3. The third-order valence-corrected chi connectivity index (χ3v) is 6.40. The average molecular weight is 471 g/mol. The molecule has 1 heterocycles. The van der Waals surface area contributed by atoms with Crippen LogP contribution in [0.1, 0.15) is 24.2 Å².